The van der Waals surface area contributed by atoms with E-state index in [-0.39, 0.29) is 0 Å². The molecule has 24 heavy (non-hydrogen) atoms. The summed E-state index contributed by atoms with van der Waals surface area (Å²) in [6, 6.07) is 0.744. The first-order chi connectivity index (χ1) is 11.5. The van der Waals surface area contributed by atoms with Gasteiger partial charge in [0.1, 0.15) is 0 Å². The largest absolute Gasteiger partial charge is 0.500 e. The van der Waals surface area contributed by atoms with Crippen LogP contribution in [0.15, 0.2) is 12.2 Å². The average molecular weight is 364 g/mol. The van der Waals surface area contributed by atoms with E-state index in [0.29, 0.717) is 32.8 Å². The molecule has 0 rings (SSSR count). The lowest BCUT2D eigenvalue weighted by atomic mass is 10.4. The van der Waals surface area contributed by atoms with Gasteiger partial charge < -0.3 is 28.4 Å². The third-order valence-electron chi connectivity index (χ3n) is 3.05. The highest BCUT2D eigenvalue weighted by molar-refractivity contribution is 6.60. The van der Waals surface area contributed by atoms with E-state index in [4.69, 9.17) is 18.0 Å². The zero-order chi connectivity index (χ0) is 18.3. The maximum absolute atomic E-state index is 11.2. The molecule has 2 N–H and O–H groups in total. The topological polar surface area (TPSA) is 86.3 Å². The van der Waals surface area contributed by atoms with Crippen molar-refractivity contribution in [2.75, 3.05) is 32.9 Å². The highest BCUT2D eigenvalue weighted by atomic mass is 28.4. The minimum atomic E-state index is -2.57. The number of carbonyl (C=O) groups excluding carboxylic acids is 1. The number of allylic oxidation sites excluding steroid dienone is 1. The van der Waals surface area contributed by atoms with Crippen LogP contribution in [0.3, 0.4) is 0 Å². The highest BCUT2D eigenvalue weighted by Gasteiger charge is 2.39. The first-order valence-electron chi connectivity index (χ1n) is 8.67. The quantitative estimate of drug-likeness (QED) is 0.151. The summed E-state index contributed by atoms with van der Waals surface area (Å²) in [5.41, 5.74) is 0. The van der Waals surface area contributed by atoms with Crippen LogP contribution < -0.4 is 5.32 Å². The van der Waals surface area contributed by atoms with E-state index in [1.807, 2.05) is 20.8 Å². The number of hydrogen-bond acceptors (Lipinski definition) is 7. The molecule has 0 aromatic heterocycles. The molecule has 0 heterocycles. The fourth-order valence-corrected chi connectivity index (χ4v) is 4.76. The van der Waals surface area contributed by atoms with E-state index in [2.05, 4.69) is 5.32 Å². The van der Waals surface area contributed by atoms with Gasteiger partial charge in [0.05, 0.1) is 0 Å². The Bertz CT molecular complexity index is 336. The van der Waals surface area contributed by atoms with Gasteiger partial charge in [-0.25, -0.2) is 4.79 Å². The van der Waals surface area contributed by atoms with Gasteiger partial charge in [-0.1, -0.05) is 6.08 Å². The monoisotopic (exact) mass is 363 g/mol. The number of esters is 1. The molecule has 0 aliphatic heterocycles. The molecule has 0 spiro atoms. The molecule has 0 bridgehead atoms. The molecule has 0 aromatic rings. The van der Waals surface area contributed by atoms with Crippen LogP contribution in [0.5, 0.6) is 0 Å². The van der Waals surface area contributed by atoms with Gasteiger partial charge in [0, 0.05) is 44.9 Å². The SMILES string of the molecule is CC=CC(=O)OC(O)CCNCCC[Si](OCC)(OCC)OCC. The second kappa shape index (κ2) is 14.6. The third-order valence-corrected chi connectivity index (χ3v) is 6.20. The Balaban J connectivity index is 3.98. The maximum atomic E-state index is 11.2. The minimum absolute atomic E-state index is 0.342. The van der Waals surface area contributed by atoms with Crippen molar-refractivity contribution in [3.8, 4) is 0 Å². The van der Waals surface area contributed by atoms with Crippen LogP contribution in [-0.2, 0) is 22.8 Å². The Labute approximate surface area is 146 Å². The van der Waals surface area contributed by atoms with Crippen molar-refractivity contribution >= 4 is 14.8 Å². The van der Waals surface area contributed by atoms with E-state index < -0.39 is 21.1 Å². The number of rotatable bonds is 15. The van der Waals surface area contributed by atoms with E-state index in [1.54, 1.807) is 13.0 Å². The fraction of sp³-hybridized carbons (Fsp3) is 0.812. The smallest absolute Gasteiger partial charge is 0.433 e. The van der Waals surface area contributed by atoms with E-state index in [1.165, 1.54) is 6.08 Å². The number of nitrogens with one attached hydrogen (secondary N) is 1. The van der Waals surface area contributed by atoms with Crippen molar-refractivity contribution in [1.82, 2.24) is 5.32 Å². The molecular formula is C16H33NO6Si. The van der Waals surface area contributed by atoms with E-state index in [9.17, 15) is 9.90 Å². The predicted octanol–water partition coefficient (Wildman–Crippen LogP) is 1.84. The standard InChI is InChI=1S/C16H33NO6Si/c1-5-10-15(18)23-16(19)11-13-17-12-9-14-24(20-6-2,21-7-3)22-8-4/h5,10,16-17,19H,6-9,11-14H2,1-4H3. The Morgan fingerprint density at radius 2 is 1.71 bits per heavy atom. The summed E-state index contributed by atoms with van der Waals surface area (Å²) in [6.45, 7) is 10.5. The van der Waals surface area contributed by atoms with Crippen LogP contribution in [0.25, 0.3) is 0 Å². The molecular weight excluding hydrogens is 330 g/mol. The summed E-state index contributed by atoms with van der Waals surface area (Å²) in [4.78, 5) is 11.2. The Hall–Kier alpha value is -0.773. The second-order valence-electron chi connectivity index (χ2n) is 5.02. The lowest BCUT2D eigenvalue weighted by Gasteiger charge is -2.28. The van der Waals surface area contributed by atoms with Crippen LogP contribution >= 0.6 is 0 Å². The molecule has 1 unspecified atom stereocenters. The van der Waals surface area contributed by atoms with Crippen LogP contribution in [0.1, 0.15) is 40.5 Å². The Morgan fingerprint density at radius 1 is 1.12 bits per heavy atom. The summed E-state index contributed by atoms with van der Waals surface area (Å²) in [5.74, 6) is -0.536. The van der Waals surface area contributed by atoms with Gasteiger partial charge >= 0.3 is 14.8 Å². The van der Waals surface area contributed by atoms with E-state index in [0.717, 1.165) is 19.0 Å². The van der Waals surface area contributed by atoms with Crippen molar-refractivity contribution < 1.29 is 27.9 Å². The van der Waals surface area contributed by atoms with Crippen LogP contribution in [-0.4, -0.2) is 59.1 Å². The van der Waals surface area contributed by atoms with Crippen LogP contribution in [0, 0.1) is 0 Å². The summed E-state index contributed by atoms with van der Waals surface area (Å²) in [6.07, 6.45) is 2.94. The van der Waals surface area contributed by atoms with Gasteiger partial charge in [0.25, 0.3) is 0 Å². The van der Waals surface area contributed by atoms with Crippen molar-refractivity contribution in [3.05, 3.63) is 12.2 Å². The lowest BCUT2D eigenvalue weighted by Crippen LogP contribution is -2.46. The molecule has 142 valence electrons. The number of ether oxygens (including phenoxy) is 1. The normalized spacial score (nSPS) is 13.4. The fourth-order valence-electron chi connectivity index (χ4n) is 2.15. The van der Waals surface area contributed by atoms with Gasteiger partial charge in [0.2, 0.25) is 6.29 Å². The molecule has 0 saturated heterocycles. The van der Waals surface area contributed by atoms with Gasteiger partial charge in [-0.2, -0.15) is 0 Å². The van der Waals surface area contributed by atoms with Crippen LogP contribution in [0.4, 0.5) is 0 Å². The molecule has 0 aromatic carbocycles. The summed E-state index contributed by atoms with van der Waals surface area (Å²) >= 11 is 0. The zero-order valence-corrected chi connectivity index (χ0v) is 16.4. The Kier molecular flexibility index (Phi) is 14.1. The molecule has 0 amide bonds. The molecule has 7 nitrogen and oxygen atoms in total. The summed E-state index contributed by atoms with van der Waals surface area (Å²) < 4.78 is 22.1. The van der Waals surface area contributed by atoms with Gasteiger partial charge in [0.15, 0.2) is 0 Å². The molecule has 1 atom stereocenters. The molecule has 0 saturated carbocycles. The van der Waals surface area contributed by atoms with Crippen molar-refractivity contribution in [3.63, 3.8) is 0 Å². The van der Waals surface area contributed by atoms with E-state index >= 15 is 0 Å². The Morgan fingerprint density at radius 3 is 2.21 bits per heavy atom. The first-order valence-corrected chi connectivity index (χ1v) is 10.6. The van der Waals surface area contributed by atoms with Crippen molar-refractivity contribution in [1.29, 1.82) is 0 Å². The minimum Gasteiger partial charge on any atom is -0.433 e. The summed E-state index contributed by atoms with van der Waals surface area (Å²) in [7, 11) is -2.57. The molecule has 0 radical (unpaired) electrons. The molecule has 0 aliphatic carbocycles. The number of carbonyl (C=O) groups is 1. The second-order valence-corrected chi connectivity index (χ2v) is 7.75. The average Bonchev–Trinajstić information content (AvgIpc) is 2.51. The highest BCUT2D eigenvalue weighted by Crippen LogP contribution is 2.17. The third kappa shape index (κ3) is 10.9. The van der Waals surface area contributed by atoms with Gasteiger partial charge in [-0.05, 0) is 40.7 Å². The number of aliphatic hydroxyl groups excluding tert-OH is 1. The molecule has 8 heteroatoms. The predicted molar refractivity (Wildman–Crippen MR) is 94.5 cm³/mol. The van der Waals surface area contributed by atoms with Gasteiger partial charge in [-0.15, -0.1) is 0 Å². The number of aliphatic hydroxyl groups is 1. The first kappa shape index (κ1) is 23.2. The van der Waals surface area contributed by atoms with Crippen molar-refractivity contribution in [2.45, 2.75) is 52.9 Å². The van der Waals surface area contributed by atoms with Crippen LogP contribution in [0.2, 0.25) is 6.04 Å². The maximum Gasteiger partial charge on any atom is 0.500 e. The lowest BCUT2D eigenvalue weighted by molar-refractivity contribution is -0.162. The zero-order valence-electron chi connectivity index (χ0n) is 15.4. The molecule has 0 aliphatic rings. The number of hydrogen-bond donors (Lipinski definition) is 2. The van der Waals surface area contributed by atoms with Gasteiger partial charge in [-0.3, -0.25) is 0 Å². The molecule has 0 fully saturated rings. The van der Waals surface area contributed by atoms with Crippen molar-refractivity contribution in [2.24, 2.45) is 0 Å². The summed E-state index contributed by atoms with van der Waals surface area (Å²) in [5, 5.41) is 12.8.